The van der Waals surface area contributed by atoms with Crippen LogP contribution in [0, 0.1) is 0 Å². The van der Waals surface area contributed by atoms with Gasteiger partial charge in [0.05, 0.1) is 39.6 Å². The Morgan fingerprint density at radius 2 is 1.27 bits per heavy atom. The predicted molar refractivity (Wildman–Crippen MR) is 62.6 cm³/mol. The van der Waals surface area contributed by atoms with Crippen molar-refractivity contribution < 1.29 is 19.3 Å². The van der Waals surface area contributed by atoms with Gasteiger partial charge in [-0.2, -0.15) is 12.6 Å². The van der Waals surface area contributed by atoms with Crippen LogP contribution in [0.15, 0.2) is 0 Å². The zero-order chi connectivity index (χ0) is 11.2. The van der Waals surface area contributed by atoms with Crippen LogP contribution in [0.25, 0.3) is 0 Å². The van der Waals surface area contributed by atoms with E-state index in [0.717, 1.165) is 25.2 Å². The van der Waals surface area contributed by atoms with E-state index in [1.54, 1.807) is 0 Å². The van der Waals surface area contributed by atoms with E-state index in [1.165, 1.54) is 0 Å². The van der Waals surface area contributed by atoms with Crippen molar-refractivity contribution in [2.75, 3.05) is 52.0 Å². The molecule has 0 aliphatic carbocycles. The number of aliphatic hydroxyl groups is 1. The Bertz CT molecular complexity index is 102. The van der Waals surface area contributed by atoms with E-state index < -0.39 is 0 Å². The minimum Gasteiger partial charge on any atom is -0.394 e. The summed E-state index contributed by atoms with van der Waals surface area (Å²) >= 11 is 4.11. The molecular weight excluding hydrogens is 216 g/mol. The maximum Gasteiger partial charge on any atom is 0.0701 e. The second kappa shape index (κ2) is 14.2. The minimum atomic E-state index is 0.0637. The first kappa shape index (κ1) is 15.2. The smallest absolute Gasteiger partial charge is 0.0701 e. The van der Waals surface area contributed by atoms with Gasteiger partial charge in [-0.25, -0.2) is 0 Å². The van der Waals surface area contributed by atoms with E-state index in [9.17, 15) is 0 Å². The maximum atomic E-state index is 8.42. The molecule has 92 valence electrons. The maximum absolute atomic E-state index is 8.42. The van der Waals surface area contributed by atoms with Crippen LogP contribution >= 0.6 is 12.6 Å². The number of thiol groups is 1. The summed E-state index contributed by atoms with van der Waals surface area (Å²) in [5, 5.41) is 8.42. The summed E-state index contributed by atoms with van der Waals surface area (Å²) in [7, 11) is 0. The van der Waals surface area contributed by atoms with Gasteiger partial charge in [0.1, 0.15) is 0 Å². The van der Waals surface area contributed by atoms with Crippen molar-refractivity contribution in [1.29, 1.82) is 0 Å². The van der Waals surface area contributed by atoms with Gasteiger partial charge < -0.3 is 19.3 Å². The molecule has 5 heteroatoms. The summed E-state index contributed by atoms with van der Waals surface area (Å²) in [6.45, 7) is 3.54. The molecule has 0 fully saturated rings. The Labute approximate surface area is 97.3 Å². The van der Waals surface area contributed by atoms with Gasteiger partial charge in [0.15, 0.2) is 0 Å². The van der Waals surface area contributed by atoms with Crippen molar-refractivity contribution in [3.8, 4) is 0 Å². The van der Waals surface area contributed by atoms with Gasteiger partial charge in [-0.3, -0.25) is 0 Å². The Morgan fingerprint density at radius 3 is 1.80 bits per heavy atom. The molecule has 0 saturated heterocycles. The van der Waals surface area contributed by atoms with E-state index >= 15 is 0 Å². The molecule has 0 atom stereocenters. The lowest BCUT2D eigenvalue weighted by atomic mass is 10.4. The molecule has 4 nitrogen and oxygen atoms in total. The first-order valence-electron chi connectivity index (χ1n) is 5.36. The van der Waals surface area contributed by atoms with Gasteiger partial charge in [-0.05, 0) is 18.6 Å². The van der Waals surface area contributed by atoms with Crippen LogP contribution in [0.4, 0.5) is 0 Å². The molecule has 0 bridgehead atoms. The van der Waals surface area contributed by atoms with Crippen LogP contribution in [0.3, 0.4) is 0 Å². The van der Waals surface area contributed by atoms with Crippen molar-refractivity contribution in [3.05, 3.63) is 0 Å². The van der Waals surface area contributed by atoms with Gasteiger partial charge in [-0.1, -0.05) is 0 Å². The molecule has 0 saturated carbocycles. The Hall–Kier alpha value is 0.190. The third-order valence-corrected chi connectivity index (χ3v) is 1.99. The minimum absolute atomic E-state index is 0.0637. The molecule has 0 aliphatic heterocycles. The fourth-order valence-electron chi connectivity index (χ4n) is 0.922. The molecule has 15 heavy (non-hydrogen) atoms. The van der Waals surface area contributed by atoms with Gasteiger partial charge in [0, 0.05) is 6.61 Å². The topological polar surface area (TPSA) is 47.9 Å². The number of hydrogen-bond donors (Lipinski definition) is 2. The highest BCUT2D eigenvalue weighted by molar-refractivity contribution is 7.80. The summed E-state index contributed by atoms with van der Waals surface area (Å²) in [6.07, 6.45) is 2.15. The standard InChI is InChI=1S/C10H22O4S/c11-3-5-13-7-9-14-8-6-12-4-1-2-10-15/h11,15H,1-10H2. The summed E-state index contributed by atoms with van der Waals surface area (Å²) < 4.78 is 15.6. The zero-order valence-electron chi connectivity index (χ0n) is 9.19. The van der Waals surface area contributed by atoms with Crippen LogP contribution in [0.1, 0.15) is 12.8 Å². The van der Waals surface area contributed by atoms with E-state index in [0.29, 0.717) is 33.0 Å². The normalized spacial score (nSPS) is 10.8. The van der Waals surface area contributed by atoms with E-state index in [2.05, 4.69) is 12.6 Å². The molecule has 0 aromatic heterocycles. The first-order valence-corrected chi connectivity index (χ1v) is 6.00. The van der Waals surface area contributed by atoms with Crippen LogP contribution in [0.5, 0.6) is 0 Å². The molecule has 0 aromatic rings. The summed E-state index contributed by atoms with van der Waals surface area (Å²) in [5.74, 6) is 0.919. The van der Waals surface area contributed by atoms with Gasteiger partial charge in [0.25, 0.3) is 0 Å². The van der Waals surface area contributed by atoms with Crippen LogP contribution in [-0.2, 0) is 14.2 Å². The van der Waals surface area contributed by atoms with Gasteiger partial charge in [0.2, 0.25) is 0 Å². The third-order valence-electron chi connectivity index (χ3n) is 1.68. The highest BCUT2D eigenvalue weighted by atomic mass is 32.1. The van der Waals surface area contributed by atoms with E-state index in [1.807, 2.05) is 0 Å². The molecular formula is C10H22O4S. The lowest BCUT2D eigenvalue weighted by Gasteiger charge is -2.05. The third kappa shape index (κ3) is 14.2. The zero-order valence-corrected chi connectivity index (χ0v) is 10.1. The fraction of sp³-hybridized carbons (Fsp3) is 1.00. The van der Waals surface area contributed by atoms with Crippen molar-refractivity contribution in [3.63, 3.8) is 0 Å². The molecule has 0 rings (SSSR count). The van der Waals surface area contributed by atoms with Gasteiger partial charge >= 0.3 is 0 Å². The molecule has 0 unspecified atom stereocenters. The number of rotatable bonds is 12. The van der Waals surface area contributed by atoms with Crippen molar-refractivity contribution in [2.24, 2.45) is 0 Å². The largest absolute Gasteiger partial charge is 0.394 e. The Morgan fingerprint density at radius 1 is 0.733 bits per heavy atom. The van der Waals surface area contributed by atoms with Crippen molar-refractivity contribution in [1.82, 2.24) is 0 Å². The summed E-state index contributed by atoms with van der Waals surface area (Å²) in [6, 6.07) is 0. The quantitative estimate of drug-likeness (QED) is 0.389. The predicted octanol–water partition coefficient (Wildman–Crippen LogP) is 0.738. The molecule has 0 amide bonds. The fourth-order valence-corrected chi connectivity index (χ4v) is 1.15. The lowest BCUT2D eigenvalue weighted by Crippen LogP contribution is -2.11. The first-order chi connectivity index (χ1) is 7.41. The molecule has 0 radical (unpaired) electrons. The highest BCUT2D eigenvalue weighted by Gasteiger charge is 1.91. The molecule has 0 aliphatic rings. The van der Waals surface area contributed by atoms with Crippen LogP contribution in [-0.4, -0.2) is 57.1 Å². The summed E-state index contributed by atoms with van der Waals surface area (Å²) in [5.41, 5.74) is 0. The van der Waals surface area contributed by atoms with Crippen LogP contribution < -0.4 is 0 Å². The van der Waals surface area contributed by atoms with E-state index in [4.69, 9.17) is 19.3 Å². The SMILES string of the molecule is OCCOCCOCCOCCCCS. The number of ether oxygens (including phenoxy) is 3. The van der Waals surface area contributed by atoms with Gasteiger partial charge in [-0.15, -0.1) is 0 Å². The van der Waals surface area contributed by atoms with E-state index in [-0.39, 0.29) is 6.61 Å². The molecule has 0 heterocycles. The van der Waals surface area contributed by atoms with Crippen molar-refractivity contribution in [2.45, 2.75) is 12.8 Å². The molecule has 0 aromatic carbocycles. The average molecular weight is 238 g/mol. The molecule has 1 N–H and O–H groups in total. The van der Waals surface area contributed by atoms with Crippen LogP contribution in [0.2, 0.25) is 0 Å². The molecule has 0 spiro atoms. The summed E-state index contributed by atoms with van der Waals surface area (Å²) in [4.78, 5) is 0. The monoisotopic (exact) mass is 238 g/mol. The number of hydrogen-bond acceptors (Lipinski definition) is 5. The Balaban J connectivity index is 2.81. The average Bonchev–Trinajstić information content (AvgIpc) is 2.26. The second-order valence-corrected chi connectivity index (χ2v) is 3.44. The number of aliphatic hydroxyl groups excluding tert-OH is 1. The highest BCUT2D eigenvalue weighted by Crippen LogP contribution is 1.91. The van der Waals surface area contributed by atoms with Crippen molar-refractivity contribution >= 4 is 12.6 Å². The lowest BCUT2D eigenvalue weighted by molar-refractivity contribution is 0.00738. The Kier molecular flexibility index (Phi) is 14.4. The second-order valence-electron chi connectivity index (χ2n) is 2.99. The number of unbranched alkanes of at least 4 members (excludes halogenated alkanes) is 1.